The van der Waals surface area contributed by atoms with Crippen LogP contribution in [0.2, 0.25) is 18.1 Å². The van der Waals surface area contributed by atoms with Gasteiger partial charge < -0.3 is 9.53 Å². The van der Waals surface area contributed by atoms with Crippen molar-refractivity contribution in [3.05, 3.63) is 0 Å². The van der Waals surface area contributed by atoms with Crippen LogP contribution in [0.5, 0.6) is 0 Å². The lowest BCUT2D eigenvalue weighted by Gasteiger charge is -2.64. The Morgan fingerprint density at radius 2 is 1.73 bits per heavy atom. The van der Waals surface area contributed by atoms with Gasteiger partial charge in [0.25, 0.3) is 0 Å². The van der Waals surface area contributed by atoms with E-state index in [4.69, 9.17) is 4.43 Å². The largest absolute Gasteiger partial charge is 0.411 e. The van der Waals surface area contributed by atoms with Crippen molar-refractivity contribution in [1.29, 1.82) is 0 Å². The first-order chi connectivity index (χ1) is 13.6. The van der Waals surface area contributed by atoms with E-state index >= 15 is 0 Å². The lowest BCUT2D eigenvalue weighted by atomic mass is 9.40. The molecule has 168 valence electrons. The number of hydrogen-bond donors (Lipinski definition) is 1. The van der Waals surface area contributed by atoms with Gasteiger partial charge in [0.2, 0.25) is 0 Å². The average Bonchev–Trinajstić information content (AvgIpc) is 3.42. The Balaban J connectivity index is 1.34. The summed E-state index contributed by atoms with van der Waals surface area (Å²) < 4.78 is 7.18. The molecule has 30 heavy (non-hydrogen) atoms. The number of hydrogen-bond acceptors (Lipinski definition) is 3. The fourth-order valence-corrected chi connectivity index (χ4v) is 11.7. The molecule has 0 heterocycles. The highest BCUT2D eigenvalue weighted by Gasteiger charge is 2.88. The van der Waals surface area contributed by atoms with Gasteiger partial charge in [0.15, 0.2) is 8.32 Å². The Hall–Kier alpha value is -0.193. The Bertz CT molecular complexity index is 861. The second kappa shape index (κ2) is 4.99. The summed E-state index contributed by atoms with van der Waals surface area (Å²) >= 11 is 0. The maximum Gasteiger partial charge on any atom is 0.192 e. The molecule has 4 bridgehead atoms. The molecular formula is C26H42O3Si. The van der Waals surface area contributed by atoms with E-state index in [9.17, 15) is 9.90 Å². The minimum Gasteiger partial charge on any atom is -0.411 e. The van der Waals surface area contributed by atoms with Crippen LogP contribution in [0.3, 0.4) is 0 Å². The van der Waals surface area contributed by atoms with Gasteiger partial charge in [-0.25, -0.2) is 0 Å². The van der Waals surface area contributed by atoms with Crippen LogP contribution in [0, 0.1) is 45.3 Å². The normalized spacial score (nSPS) is 60.6. The van der Waals surface area contributed by atoms with Crippen LogP contribution in [-0.2, 0) is 9.22 Å². The van der Waals surface area contributed by atoms with E-state index in [0.717, 1.165) is 19.3 Å². The van der Waals surface area contributed by atoms with Crippen LogP contribution < -0.4 is 0 Å². The molecule has 10 atom stereocenters. The van der Waals surface area contributed by atoms with Gasteiger partial charge in [0.1, 0.15) is 5.78 Å². The maximum absolute atomic E-state index is 13.6. The molecule has 0 aliphatic heterocycles. The highest BCUT2D eigenvalue weighted by Crippen LogP contribution is 2.86. The molecule has 1 unspecified atom stereocenters. The summed E-state index contributed by atoms with van der Waals surface area (Å²) in [7, 11) is -1.82. The third-order valence-corrected chi connectivity index (χ3v) is 17.3. The predicted octanol–water partition coefficient (Wildman–Crippen LogP) is 5.57. The second-order valence-corrected chi connectivity index (χ2v) is 19.3. The van der Waals surface area contributed by atoms with E-state index in [-0.39, 0.29) is 32.8 Å². The van der Waals surface area contributed by atoms with Crippen molar-refractivity contribution in [3.8, 4) is 0 Å². The van der Waals surface area contributed by atoms with E-state index in [1.165, 1.54) is 19.3 Å². The van der Waals surface area contributed by atoms with Crippen molar-refractivity contribution in [3.63, 3.8) is 0 Å². The Morgan fingerprint density at radius 1 is 1.07 bits per heavy atom. The lowest BCUT2D eigenvalue weighted by molar-refractivity contribution is -0.198. The molecule has 1 N–H and O–H groups in total. The van der Waals surface area contributed by atoms with Crippen molar-refractivity contribution in [2.24, 2.45) is 45.3 Å². The van der Waals surface area contributed by atoms with Crippen molar-refractivity contribution < 1.29 is 14.3 Å². The molecule has 7 rings (SSSR count). The van der Waals surface area contributed by atoms with Crippen molar-refractivity contribution in [1.82, 2.24) is 0 Å². The number of carbonyl (C=O) groups is 1. The van der Waals surface area contributed by atoms with Crippen LogP contribution in [0.4, 0.5) is 0 Å². The molecule has 7 saturated carbocycles. The van der Waals surface area contributed by atoms with Gasteiger partial charge in [0, 0.05) is 16.7 Å². The molecule has 0 aromatic carbocycles. The smallest absolute Gasteiger partial charge is 0.192 e. The molecule has 7 aliphatic carbocycles. The number of rotatable bonds is 2. The van der Waals surface area contributed by atoms with Gasteiger partial charge in [-0.3, -0.25) is 4.79 Å². The topological polar surface area (TPSA) is 46.5 Å². The quantitative estimate of drug-likeness (QED) is 0.583. The molecular weight excluding hydrogens is 388 g/mol. The fourth-order valence-electron chi connectivity index (χ4n) is 9.98. The first-order valence-corrected chi connectivity index (χ1v) is 15.5. The molecule has 3 nitrogen and oxygen atoms in total. The number of aliphatic hydroxyl groups excluding tert-OH is 1. The Labute approximate surface area is 183 Å². The van der Waals surface area contributed by atoms with Crippen LogP contribution in [0.15, 0.2) is 0 Å². The summed E-state index contributed by atoms with van der Waals surface area (Å²) in [5.41, 5.74) is -0.0266. The van der Waals surface area contributed by atoms with E-state index < -0.39 is 19.8 Å². The maximum atomic E-state index is 13.6. The molecule has 7 fully saturated rings. The zero-order chi connectivity index (χ0) is 21.9. The molecule has 7 aliphatic rings. The van der Waals surface area contributed by atoms with E-state index in [1.54, 1.807) is 0 Å². The van der Waals surface area contributed by atoms with Gasteiger partial charge in [-0.1, -0.05) is 41.5 Å². The van der Waals surface area contributed by atoms with Crippen LogP contribution in [0.1, 0.15) is 80.1 Å². The molecule has 0 amide bonds. The SMILES string of the molecule is CC(C)(C)[Si](C)(C)O[C@]12CC[C@@]3(C)[C@@H]4C[C@H]5C6C(=O)[C@@]4(CC[C@@H]3[C@@]1(C)C2)[C@H](O)[C@@]65C. The van der Waals surface area contributed by atoms with Crippen LogP contribution in [0.25, 0.3) is 0 Å². The average molecular weight is 431 g/mol. The van der Waals surface area contributed by atoms with Gasteiger partial charge in [-0.15, -0.1) is 0 Å². The summed E-state index contributed by atoms with van der Waals surface area (Å²) in [6, 6.07) is 0. The van der Waals surface area contributed by atoms with Crippen molar-refractivity contribution in [2.75, 3.05) is 0 Å². The molecule has 0 aromatic heterocycles. The standard InChI is InChI=1S/C26H42O3Si/c1-21(2,3)30(7,8)29-25-12-11-22(4)16(23(25,5)14-25)9-10-26-17(22)13-15-18(19(26)27)24(15,6)20(26)28/h15-18,20,28H,9-14H2,1-8H3/t15-,16-,17-,18?,20+,22+,23+,24+,25-,26-/m0/s1. The van der Waals surface area contributed by atoms with E-state index in [1.807, 2.05) is 0 Å². The molecule has 0 radical (unpaired) electrons. The number of Topliss-reactive ketones (excluding diaryl/α,β-unsaturated/α-hetero) is 1. The van der Waals surface area contributed by atoms with E-state index in [2.05, 4.69) is 54.6 Å². The summed E-state index contributed by atoms with van der Waals surface area (Å²) in [5.74, 6) is 2.08. The summed E-state index contributed by atoms with van der Waals surface area (Å²) in [5, 5.41) is 11.7. The Morgan fingerprint density at radius 3 is 2.30 bits per heavy atom. The number of aliphatic hydroxyl groups is 1. The van der Waals surface area contributed by atoms with Gasteiger partial charge >= 0.3 is 0 Å². The summed E-state index contributed by atoms with van der Waals surface area (Å²) in [6.07, 6.45) is 6.32. The fraction of sp³-hybridized carbons (Fsp3) is 0.962. The van der Waals surface area contributed by atoms with Gasteiger partial charge in [0.05, 0.1) is 17.1 Å². The molecule has 0 aromatic rings. The van der Waals surface area contributed by atoms with Crippen molar-refractivity contribution in [2.45, 2.75) is 110 Å². The first kappa shape index (κ1) is 20.4. The molecule has 1 spiro atoms. The van der Waals surface area contributed by atoms with Gasteiger partial charge in [-0.2, -0.15) is 0 Å². The zero-order valence-electron chi connectivity index (χ0n) is 20.4. The highest BCUT2D eigenvalue weighted by molar-refractivity contribution is 6.74. The van der Waals surface area contributed by atoms with Crippen LogP contribution in [-0.4, -0.2) is 30.9 Å². The number of ketones is 1. The predicted molar refractivity (Wildman–Crippen MR) is 120 cm³/mol. The minimum atomic E-state index is -1.82. The third kappa shape index (κ3) is 1.82. The number of fused-ring (bicyclic) bond motifs is 3. The highest BCUT2D eigenvalue weighted by atomic mass is 28.4. The summed E-state index contributed by atoms with van der Waals surface area (Å²) in [4.78, 5) is 13.6. The number of carbonyl (C=O) groups excluding carboxylic acids is 1. The first-order valence-electron chi connectivity index (χ1n) is 12.5. The second-order valence-electron chi connectivity index (χ2n) is 14.6. The minimum absolute atomic E-state index is 0.0677. The molecule has 0 saturated heterocycles. The van der Waals surface area contributed by atoms with Crippen LogP contribution >= 0.6 is 0 Å². The summed E-state index contributed by atoms with van der Waals surface area (Å²) in [6.45, 7) is 19.1. The van der Waals surface area contributed by atoms with E-state index in [0.29, 0.717) is 23.5 Å². The molecule has 4 heteroatoms. The van der Waals surface area contributed by atoms with Crippen molar-refractivity contribution >= 4 is 14.1 Å². The van der Waals surface area contributed by atoms with Gasteiger partial charge in [-0.05, 0) is 79.8 Å². The zero-order valence-corrected chi connectivity index (χ0v) is 21.4. The third-order valence-electron chi connectivity index (χ3n) is 12.8. The lowest BCUT2D eigenvalue weighted by Crippen LogP contribution is -2.64. The Kier molecular flexibility index (Phi) is 3.40. The monoisotopic (exact) mass is 430 g/mol.